The molecular formula is C39H51ClN4O10. The Kier molecular flexibility index (Phi) is 13.4. The predicted octanol–water partition coefficient (Wildman–Crippen LogP) is 4.96. The molecule has 14 nitrogen and oxygen atoms in total. The molecule has 3 aliphatic rings. The molecule has 7 atom stereocenters. The van der Waals surface area contributed by atoms with Gasteiger partial charge >= 0.3 is 12.1 Å². The van der Waals surface area contributed by atoms with E-state index in [0.717, 1.165) is 11.1 Å². The van der Waals surface area contributed by atoms with Crippen LogP contribution in [-0.4, -0.2) is 103 Å². The summed E-state index contributed by atoms with van der Waals surface area (Å²) in [6.07, 6.45) is 4.46. The first-order valence-electron chi connectivity index (χ1n) is 17.6. The molecule has 54 heavy (non-hydrogen) atoms. The molecule has 2 aromatic carbocycles. The van der Waals surface area contributed by atoms with Gasteiger partial charge in [-0.2, -0.15) is 0 Å². The molecule has 3 heterocycles. The predicted molar refractivity (Wildman–Crippen MR) is 204 cm³/mol. The number of halogens is 1. The van der Waals surface area contributed by atoms with Gasteiger partial charge < -0.3 is 44.7 Å². The highest BCUT2D eigenvalue weighted by Crippen LogP contribution is 2.48. The van der Waals surface area contributed by atoms with Gasteiger partial charge in [0.05, 0.1) is 24.5 Å². The Hall–Kier alpha value is -4.63. The number of nitrogens with zero attached hydrogens (tertiary/aromatic N) is 2. The molecule has 2 fully saturated rings. The van der Waals surface area contributed by atoms with E-state index in [1.54, 1.807) is 55.5 Å². The third-order valence-electron chi connectivity index (χ3n) is 10.3. The Morgan fingerprint density at radius 2 is 1.85 bits per heavy atom. The second-order valence-corrected chi connectivity index (χ2v) is 14.7. The number of hydrogen-bond donors (Lipinski definition) is 4. The zero-order chi connectivity index (χ0) is 40.1. The zero-order valence-corrected chi connectivity index (χ0v) is 32.7. The second kappa shape index (κ2) is 17.2. The molecule has 5 rings (SSSR count). The van der Waals surface area contributed by atoms with Gasteiger partial charge in [-0.15, -0.1) is 0 Å². The zero-order valence-electron chi connectivity index (χ0n) is 31.9. The highest BCUT2D eigenvalue weighted by molar-refractivity contribution is 6.35. The summed E-state index contributed by atoms with van der Waals surface area (Å²) < 4.78 is 22.7. The fraction of sp³-hybridized carbons (Fsp3) is 0.487. The number of nitrogens with two attached hydrogens (primary N) is 1. The van der Waals surface area contributed by atoms with Crippen LogP contribution in [-0.2, 0) is 30.2 Å². The number of fused-ring (bicyclic) bond motifs is 5. The van der Waals surface area contributed by atoms with Crippen LogP contribution in [0.15, 0.2) is 60.2 Å². The van der Waals surface area contributed by atoms with E-state index >= 15 is 0 Å². The van der Waals surface area contributed by atoms with E-state index in [0.29, 0.717) is 40.6 Å². The van der Waals surface area contributed by atoms with Gasteiger partial charge in [-0.1, -0.05) is 42.3 Å². The standard InChI is InChI=1S/C28H37ClN2O7.C11H14N2O3/c1-16-8-7-9-22(36-6)28(34)15-21(37-26(33)30-28)17(2)25-27(3,38-25)11-10-23(32)31(4)19-13-18(12-16)14-20(35-5)24(19)29;1-7(11(15)16)13(2)10(14)8-3-5-9(12)6-4-8/h7-9,13-14,17,21-22,25,34H,10-12,15H2,1-6H3,(H,30,33);3-7H,12H2,1-2H3,(H,15,16)/b9-7+,16-8+;/t17-,21?,22-,25?,27+,28+;7-/m10/s1. The van der Waals surface area contributed by atoms with Crippen molar-refractivity contribution in [1.29, 1.82) is 0 Å². The van der Waals surface area contributed by atoms with E-state index in [2.05, 4.69) is 5.32 Å². The number of nitrogen functional groups attached to an aromatic ring is 1. The van der Waals surface area contributed by atoms with Gasteiger partial charge in [0.2, 0.25) is 5.91 Å². The molecule has 294 valence electrons. The van der Waals surface area contributed by atoms with Crippen LogP contribution in [0.3, 0.4) is 0 Å². The summed E-state index contributed by atoms with van der Waals surface area (Å²) in [5, 5.41) is 23.1. The first-order valence-corrected chi connectivity index (χ1v) is 18.0. The minimum atomic E-state index is -1.66. The van der Waals surface area contributed by atoms with E-state index in [9.17, 15) is 24.3 Å². The quantitative estimate of drug-likeness (QED) is 0.237. The number of carbonyl (C=O) groups excluding carboxylic acids is 3. The second-order valence-electron chi connectivity index (χ2n) is 14.3. The number of carboxylic acids is 1. The van der Waals surface area contributed by atoms with Gasteiger partial charge in [-0.25, -0.2) is 9.59 Å². The van der Waals surface area contributed by atoms with E-state index < -0.39 is 41.6 Å². The lowest BCUT2D eigenvalue weighted by atomic mass is 9.84. The molecule has 0 radical (unpaired) electrons. The maximum atomic E-state index is 13.2. The number of methoxy groups -OCH3 is 2. The molecule has 2 saturated heterocycles. The van der Waals surface area contributed by atoms with Crippen LogP contribution >= 0.6 is 11.6 Å². The van der Waals surface area contributed by atoms with E-state index in [4.69, 9.17) is 41.4 Å². The Balaban J connectivity index is 0.000000340. The Bertz CT molecular complexity index is 1780. The molecule has 5 N–H and O–H groups in total. The minimum absolute atomic E-state index is 0.104. The van der Waals surface area contributed by atoms with Crippen molar-refractivity contribution >= 4 is 46.9 Å². The van der Waals surface area contributed by atoms with Crippen molar-refractivity contribution in [3.8, 4) is 5.75 Å². The first-order chi connectivity index (χ1) is 25.3. The third-order valence-corrected chi connectivity index (χ3v) is 10.6. The number of ether oxygens (including phenoxy) is 4. The number of aliphatic carboxylic acids is 1. The lowest BCUT2D eigenvalue weighted by Gasteiger charge is -2.42. The normalized spacial score (nSPS) is 29.1. The van der Waals surface area contributed by atoms with Gasteiger partial charge in [-0.05, 0) is 75.6 Å². The smallest absolute Gasteiger partial charge is 0.409 e. The molecule has 3 amide bonds. The summed E-state index contributed by atoms with van der Waals surface area (Å²) >= 11 is 6.61. The number of hydrogen-bond acceptors (Lipinski definition) is 10. The lowest BCUT2D eigenvalue weighted by Crippen LogP contribution is -2.63. The number of carboxylic acid groups (broad SMARTS) is 1. The largest absolute Gasteiger partial charge is 0.495 e. The maximum Gasteiger partial charge on any atom is 0.409 e. The minimum Gasteiger partial charge on any atom is -0.495 e. The average Bonchev–Trinajstić information content (AvgIpc) is 3.81. The number of allylic oxidation sites excluding steroid dienone is 3. The van der Waals surface area contributed by atoms with Crippen molar-refractivity contribution in [1.82, 2.24) is 10.2 Å². The molecule has 2 unspecified atom stereocenters. The Labute approximate surface area is 320 Å². The van der Waals surface area contributed by atoms with Crippen molar-refractivity contribution in [2.45, 2.75) is 89.1 Å². The van der Waals surface area contributed by atoms with E-state index in [1.807, 2.05) is 39.0 Å². The number of alkyl carbamates (subject to hydrolysis) is 1. The van der Waals surface area contributed by atoms with Crippen molar-refractivity contribution in [2.75, 3.05) is 38.9 Å². The fourth-order valence-electron chi connectivity index (χ4n) is 6.63. The van der Waals surface area contributed by atoms with Crippen LogP contribution in [0.4, 0.5) is 16.2 Å². The van der Waals surface area contributed by atoms with Gasteiger partial charge in [0.15, 0.2) is 5.72 Å². The monoisotopic (exact) mass is 770 g/mol. The van der Waals surface area contributed by atoms with Crippen LogP contribution in [0.1, 0.15) is 62.9 Å². The number of aliphatic hydroxyl groups is 1. The number of rotatable bonds is 5. The number of anilines is 2. The summed E-state index contributed by atoms with van der Waals surface area (Å²) in [5.41, 5.74) is 6.77. The Morgan fingerprint density at radius 3 is 2.46 bits per heavy atom. The van der Waals surface area contributed by atoms with E-state index in [1.165, 1.54) is 26.0 Å². The van der Waals surface area contributed by atoms with Crippen LogP contribution in [0.25, 0.3) is 0 Å². The lowest BCUT2D eigenvalue weighted by molar-refractivity contribution is -0.142. The van der Waals surface area contributed by atoms with Gasteiger partial charge in [0.25, 0.3) is 5.91 Å². The van der Waals surface area contributed by atoms with Crippen molar-refractivity contribution in [3.05, 3.63) is 76.3 Å². The number of likely N-dealkylation sites (N-methyl/N-ethyl adjacent to an activating group) is 1. The number of nitrogens with one attached hydrogen (secondary N) is 1. The summed E-state index contributed by atoms with van der Waals surface area (Å²) in [4.78, 5) is 50.9. The van der Waals surface area contributed by atoms with Gasteiger partial charge in [0, 0.05) is 51.2 Å². The van der Waals surface area contributed by atoms with Gasteiger partial charge in [0.1, 0.15) is 29.0 Å². The number of amides is 3. The molecule has 0 aliphatic carbocycles. The van der Waals surface area contributed by atoms with Crippen molar-refractivity contribution < 1.29 is 48.3 Å². The SMILES string of the molecule is COc1cc2cc(c1Cl)N(C)C(=O)CC[C@]1(C)OC1[C@H](C)C1C[C@@](O)(NC(=O)O1)[C@H](OC)/C=C/C=C(\C)C2.C[C@@H](C(=O)O)N(C)C(=O)c1ccc(N)cc1. The third kappa shape index (κ3) is 9.72. The molecule has 0 aromatic heterocycles. The molecule has 4 bridgehead atoms. The Morgan fingerprint density at radius 1 is 1.19 bits per heavy atom. The first kappa shape index (κ1) is 42.1. The summed E-state index contributed by atoms with van der Waals surface area (Å²) in [5.74, 6) is -1.20. The van der Waals surface area contributed by atoms with E-state index in [-0.39, 0.29) is 36.7 Å². The highest BCUT2D eigenvalue weighted by atomic mass is 35.5. The summed E-state index contributed by atoms with van der Waals surface area (Å²) in [6.45, 7) is 7.31. The fourth-order valence-corrected chi connectivity index (χ4v) is 6.95. The number of epoxide rings is 1. The maximum absolute atomic E-state index is 13.2. The topological polar surface area (TPSA) is 193 Å². The van der Waals surface area contributed by atoms with Crippen molar-refractivity contribution in [2.24, 2.45) is 5.92 Å². The number of carbonyl (C=O) groups is 4. The molecule has 3 aliphatic heterocycles. The summed E-state index contributed by atoms with van der Waals surface area (Å²) in [7, 11) is 6.19. The molecule has 0 saturated carbocycles. The van der Waals surface area contributed by atoms with Crippen LogP contribution in [0, 0.1) is 5.92 Å². The molecule has 2 aromatic rings. The van der Waals surface area contributed by atoms with Crippen LogP contribution < -0.4 is 20.7 Å². The van der Waals surface area contributed by atoms with Crippen molar-refractivity contribution in [3.63, 3.8) is 0 Å². The molecule has 0 spiro atoms. The average molecular weight is 771 g/mol. The highest BCUT2D eigenvalue weighted by Gasteiger charge is 2.58. The summed E-state index contributed by atoms with van der Waals surface area (Å²) in [6, 6.07) is 9.25. The van der Waals surface area contributed by atoms with Gasteiger partial charge in [-0.3, -0.25) is 14.9 Å². The van der Waals surface area contributed by atoms with Crippen LogP contribution in [0.5, 0.6) is 5.75 Å². The number of benzene rings is 2. The van der Waals surface area contributed by atoms with Crippen LogP contribution in [0.2, 0.25) is 5.02 Å². The molecule has 15 heteroatoms. The molecular weight excluding hydrogens is 720 g/mol.